The molecule has 7 nitrogen and oxygen atoms in total. The molecule has 1 saturated heterocycles. The number of aliphatic hydroxyl groups is 1. The van der Waals surface area contributed by atoms with Crippen LogP contribution < -0.4 is 11.1 Å². The zero-order valence-electron chi connectivity index (χ0n) is 11.1. The molecule has 0 aromatic carbocycles. The van der Waals surface area contributed by atoms with Crippen LogP contribution in [0.5, 0.6) is 0 Å². The second kappa shape index (κ2) is 6.31. The van der Waals surface area contributed by atoms with E-state index >= 15 is 0 Å². The highest BCUT2D eigenvalue weighted by atomic mass is 16.5. The number of ether oxygens (including phenoxy) is 1. The molecule has 0 saturated carbocycles. The first kappa shape index (κ1) is 15.9. The summed E-state index contributed by atoms with van der Waals surface area (Å²) in [5.41, 5.74) is 3.55. The van der Waals surface area contributed by atoms with Crippen molar-refractivity contribution in [3.8, 4) is 0 Å². The van der Waals surface area contributed by atoms with Crippen LogP contribution in [0.4, 0.5) is 0 Å². The Balaban J connectivity index is 2.56. The van der Waals surface area contributed by atoms with E-state index in [1.54, 1.807) is 0 Å². The molecule has 0 aliphatic carbocycles. The lowest BCUT2D eigenvalue weighted by molar-refractivity contribution is -0.144. The summed E-state index contributed by atoms with van der Waals surface area (Å²) in [7, 11) is 0. The Morgan fingerprint density at radius 1 is 1.42 bits per heavy atom. The summed E-state index contributed by atoms with van der Waals surface area (Å²) < 4.78 is 5.21. The minimum absolute atomic E-state index is 0.110. The lowest BCUT2D eigenvalue weighted by atomic mass is 9.79. The molecule has 0 radical (unpaired) electrons. The van der Waals surface area contributed by atoms with Gasteiger partial charge in [0.25, 0.3) is 0 Å². The third-order valence-corrected chi connectivity index (χ3v) is 3.48. The van der Waals surface area contributed by atoms with Crippen LogP contribution in [0.2, 0.25) is 0 Å². The Morgan fingerprint density at radius 3 is 2.47 bits per heavy atom. The van der Waals surface area contributed by atoms with Crippen molar-refractivity contribution in [2.75, 3.05) is 26.3 Å². The molecule has 1 rings (SSSR count). The summed E-state index contributed by atoms with van der Waals surface area (Å²) in [6, 6.07) is 0. The number of nitrogens with one attached hydrogen (secondary N) is 1. The molecule has 1 amide bonds. The molecule has 0 aromatic heterocycles. The maximum absolute atomic E-state index is 12.2. The van der Waals surface area contributed by atoms with E-state index in [0.717, 1.165) is 0 Å². The second-order valence-electron chi connectivity index (χ2n) is 5.35. The van der Waals surface area contributed by atoms with Gasteiger partial charge in [-0.15, -0.1) is 0 Å². The smallest absolute Gasteiger partial charge is 0.306 e. The molecule has 1 unspecified atom stereocenters. The third-order valence-electron chi connectivity index (χ3n) is 3.48. The standard InChI is InChI=1S/C12H22N2O5/c1-11(18,6-9(15)16)8-14-10(17)12(7-13)2-4-19-5-3-12/h18H,2-8,13H2,1H3,(H,14,17)(H,15,16). The zero-order valence-corrected chi connectivity index (χ0v) is 11.1. The lowest BCUT2D eigenvalue weighted by Gasteiger charge is -2.35. The Bertz CT molecular complexity index is 337. The molecule has 19 heavy (non-hydrogen) atoms. The molecule has 110 valence electrons. The molecule has 1 aliphatic rings. The first-order valence-corrected chi connectivity index (χ1v) is 6.32. The van der Waals surface area contributed by atoms with E-state index in [2.05, 4.69) is 5.32 Å². The summed E-state index contributed by atoms with van der Waals surface area (Å²) in [6.07, 6.45) is 0.652. The van der Waals surface area contributed by atoms with Gasteiger partial charge in [0.2, 0.25) is 5.91 Å². The van der Waals surface area contributed by atoms with Crippen molar-refractivity contribution in [2.24, 2.45) is 11.1 Å². The van der Waals surface area contributed by atoms with Gasteiger partial charge in [-0.2, -0.15) is 0 Å². The van der Waals surface area contributed by atoms with E-state index < -0.39 is 23.4 Å². The molecular weight excluding hydrogens is 252 g/mol. The van der Waals surface area contributed by atoms with Crippen LogP contribution >= 0.6 is 0 Å². The van der Waals surface area contributed by atoms with Crippen LogP contribution in [0.3, 0.4) is 0 Å². The number of carboxylic acid groups (broad SMARTS) is 1. The quantitative estimate of drug-likeness (QED) is 0.497. The first-order valence-electron chi connectivity index (χ1n) is 6.32. The number of carbonyl (C=O) groups is 2. The van der Waals surface area contributed by atoms with Gasteiger partial charge in [-0.3, -0.25) is 9.59 Å². The van der Waals surface area contributed by atoms with Crippen LogP contribution in [0.15, 0.2) is 0 Å². The zero-order chi connectivity index (χ0) is 14.5. The van der Waals surface area contributed by atoms with Crippen molar-refractivity contribution in [3.05, 3.63) is 0 Å². The van der Waals surface area contributed by atoms with Crippen molar-refractivity contribution in [2.45, 2.75) is 31.8 Å². The average Bonchev–Trinajstić information content (AvgIpc) is 2.35. The van der Waals surface area contributed by atoms with Crippen LogP contribution in [0.1, 0.15) is 26.2 Å². The van der Waals surface area contributed by atoms with E-state index in [1.165, 1.54) is 6.92 Å². The molecule has 1 fully saturated rings. The molecule has 1 heterocycles. The minimum atomic E-state index is -1.47. The number of hydrogen-bond donors (Lipinski definition) is 4. The van der Waals surface area contributed by atoms with Crippen LogP contribution in [-0.2, 0) is 14.3 Å². The predicted octanol–water partition coefficient (Wildman–Crippen LogP) is -0.916. The monoisotopic (exact) mass is 274 g/mol. The molecule has 1 atom stereocenters. The van der Waals surface area contributed by atoms with Gasteiger partial charge in [-0.05, 0) is 19.8 Å². The molecule has 0 spiro atoms. The van der Waals surface area contributed by atoms with E-state index in [1.807, 2.05) is 0 Å². The molecule has 1 aliphatic heterocycles. The number of nitrogens with two attached hydrogens (primary N) is 1. The summed E-state index contributed by atoms with van der Waals surface area (Å²) in [5, 5.41) is 21.1. The number of rotatable bonds is 6. The number of carboxylic acids is 1. The van der Waals surface area contributed by atoms with Crippen LogP contribution in [0.25, 0.3) is 0 Å². The van der Waals surface area contributed by atoms with Gasteiger partial charge in [0.05, 0.1) is 17.4 Å². The highest BCUT2D eigenvalue weighted by Crippen LogP contribution is 2.29. The van der Waals surface area contributed by atoms with E-state index in [9.17, 15) is 14.7 Å². The SMILES string of the molecule is CC(O)(CNC(=O)C1(CN)CCOCC1)CC(=O)O. The summed E-state index contributed by atoms with van der Waals surface area (Å²) in [6.45, 7) is 2.44. The van der Waals surface area contributed by atoms with Crippen LogP contribution in [-0.4, -0.2) is 54.0 Å². The Hall–Kier alpha value is -1.18. The normalized spacial score (nSPS) is 21.4. The molecule has 0 aromatic rings. The average molecular weight is 274 g/mol. The number of hydrogen-bond acceptors (Lipinski definition) is 5. The largest absolute Gasteiger partial charge is 0.481 e. The number of carbonyl (C=O) groups excluding carboxylic acids is 1. The highest BCUT2D eigenvalue weighted by molar-refractivity contribution is 5.83. The number of amides is 1. The van der Waals surface area contributed by atoms with Crippen molar-refractivity contribution in [3.63, 3.8) is 0 Å². The van der Waals surface area contributed by atoms with Gasteiger partial charge in [0, 0.05) is 26.3 Å². The maximum atomic E-state index is 12.2. The first-order chi connectivity index (χ1) is 8.81. The fourth-order valence-corrected chi connectivity index (χ4v) is 2.13. The van der Waals surface area contributed by atoms with Gasteiger partial charge in [0.15, 0.2) is 0 Å². The van der Waals surface area contributed by atoms with Gasteiger partial charge in [0.1, 0.15) is 0 Å². The van der Waals surface area contributed by atoms with Gasteiger partial charge in [-0.25, -0.2) is 0 Å². The lowest BCUT2D eigenvalue weighted by Crippen LogP contribution is -2.52. The fourth-order valence-electron chi connectivity index (χ4n) is 2.13. The summed E-state index contributed by atoms with van der Waals surface area (Å²) in [5.74, 6) is -1.36. The van der Waals surface area contributed by atoms with Crippen LogP contribution in [0, 0.1) is 5.41 Å². The Kier molecular flexibility index (Phi) is 5.28. The third kappa shape index (κ3) is 4.45. The molecule has 0 bridgehead atoms. The number of aliphatic carboxylic acids is 1. The minimum Gasteiger partial charge on any atom is -0.481 e. The topological polar surface area (TPSA) is 122 Å². The van der Waals surface area contributed by atoms with E-state index in [-0.39, 0.29) is 19.0 Å². The van der Waals surface area contributed by atoms with E-state index in [4.69, 9.17) is 15.6 Å². The molecule has 5 N–H and O–H groups in total. The van der Waals surface area contributed by atoms with Gasteiger partial charge in [-0.1, -0.05) is 0 Å². The fraction of sp³-hybridized carbons (Fsp3) is 0.833. The van der Waals surface area contributed by atoms with Gasteiger partial charge < -0.3 is 26.0 Å². The summed E-state index contributed by atoms with van der Waals surface area (Å²) >= 11 is 0. The van der Waals surface area contributed by atoms with Crippen molar-refractivity contribution in [1.82, 2.24) is 5.32 Å². The van der Waals surface area contributed by atoms with Gasteiger partial charge >= 0.3 is 5.97 Å². The van der Waals surface area contributed by atoms with E-state index in [0.29, 0.717) is 26.1 Å². The highest BCUT2D eigenvalue weighted by Gasteiger charge is 2.39. The van der Waals surface area contributed by atoms with Crippen molar-refractivity contribution in [1.29, 1.82) is 0 Å². The predicted molar refractivity (Wildman–Crippen MR) is 67.4 cm³/mol. The maximum Gasteiger partial charge on any atom is 0.306 e. The molecular formula is C12H22N2O5. The van der Waals surface area contributed by atoms with Crippen molar-refractivity contribution >= 4 is 11.9 Å². The summed E-state index contributed by atoms with van der Waals surface area (Å²) in [4.78, 5) is 22.7. The Labute approximate surface area is 112 Å². The second-order valence-corrected chi connectivity index (χ2v) is 5.35. The van der Waals surface area contributed by atoms with Crippen molar-refractivity contribution < 1.29 is 24.5 Å². The Morgan fingerprint density at radius 2 is 2.00 bits per heavy atom. The molecule has 7 heteroatoms.